The largest absolute Gasteiger partial charge is 0.328 e. The Morgan fingerprint density at radius 3 is 2.69 bits per heavy atom. The van der Waals surface area contributed by atoms with Crippen molar-refractivity contribution in [1.82, 2.24) is 14.1 Å². The summed E-state index contributed by atoms with van der Waals surface area (Å²) in [5, 5.41) is 0. The summed E-state index contributed by atoms with van der Waals surface area (Å²) in [4.78, 5) is 16.1. The summed E-state index contributed by atoms with van der Waals surface area (Å²) in [6.07, 6.45) is 5.37. The Hall–Kier alpha value is -1.84. The van der Waals surface area contributed by atoms with Crippen molar-refractivity contribution >= 4 is 0 Å². The van der Waals surface area contributed by atoms with Gasteiger partial charge in [0.15, 0.2) is 0 Å². The molecule has 2 heterocycles. The van der Waals surface area contributed by atoms with E-state index in [1.165, 1.54) is 0 Å². The summed E-state index contributed by atoms with van der Waals surface area (Å²) < 4.78 is 3.36. The highest BCUT2D eigenvalue weighted by molar-refractivity contribution is 5.17. The maximum Gasteiger partial charge on any atom is 0.328 e. The first-order chi connectivity index (χ1) is 7.72. The van der Waals surface area contributed by atoms with Gasteiger partial charge in [0, 0.05) is 25.1 Å². The fraction of sp³-hybridized carbons (Fsp3) is 0.333. The van der Waals surface area contributed by atoms with Gasteiger partial charge in [-0.1, -0.05) is 6.07 Å². The van der Waals surface area contributed by atoms with E-state index in [1.807, 2.05) is 26.0 Å². The molecule has 2 aromatic heterocycles. The number of pyridine rings is 1. The standard InChI is InChI=1S/C12H15N3O/c1-3-14-7-8-15(12(14)16)9-11-10(2)5-4-6-13-11/h4-8H,3,9H2,1-2H3. The van der Waals surface area contributed by atoms with Crippen molar-refractivity contribution in [1.29, 1.82) is 0 Å². The van der Waals surface area contributed by atoms with E-state index in [4.69, 9.17) is 0 Å². The molecule has 0 N–H and O–H groups in total. The van der Waals surface area contributed by atoms with Crippen molar-refractivity contribution in [2.45, 2.75) is 26.9 Å². The Morgan fingerprint density at radius 1 is 1.31 bits per heavy atom. The van der Waals surface area contributed by atoms with E-state index in [9.17, 15) is 4.79 Å². The van der Waals surface area contributed by atoms with Crippen LogP contribution >= 0.6 is 0 Å². The average Bonchev–Trinajstić information content (AvgIpc) is 2.63. The fourth-order valence-electron chi connectivity index (χ4n) is 1.66. The maximum atomic E-state index is 11.8. The number of rotatable bonds is 3. The predicted octanol–water partition coefficient (Wildman–Crippen LogP) is 1.42. The molecule has 4 heteroatoms. The second kappa shape index (κ2) is 4.35. The van der Waals surface area contributed by atoms with E-state index in [0.717, 1.165) is 11.3 Å². The summed E-state index contributed by atoms with van der Waals surface area (Å²) in [6.45, 7) is 5.20. The number of hydrogen-bond donors (Lipinski definition) is 0. The summed E-state index contributed by atoms with van der Waals surface area (Å²) in [7, 11) is 0. The van der Waals surface area contributed by atoms with Crippen molar-refractivity contribution in [2.75, 3.05) is 0 Å². The van der Waals surface area contributed by atoms with Gasteiger partial charge in [0.1, 0.15) is 0 Å². The van der Waals surface area contributed by atoms with Crippen molar-refractivity contribution in [3.63, 3.8) is 0 Å². The minimum atomic E-state index is 0.0209. The van der Waals surface area contributed by atoms with Crippen LogP contribution in [0, 0.1) is 6.92 Å². The Labute approximate surface area is 94.2 Å². The first kappa shape index (κ1) is 10.7. The lowest BCUT2D eigenvalue weighted by Crippen LogP contribution is -2.24. The van der Waals surface area contributed by atoms with E-state index in [0.29, 0.717) is 13.1 Å². The number of imidazole rings is 1. The van der Waals surface area contributed by atoms with Gasteiger partial charge in [-0.3, -0.25) is 14.1 Å². The van der Waals surface area contributed by atoms with Crippen LogP contribution in [-0.4, -0.2) is 14.1 Å². The van der Waals surface area contributed by atoms with Crippen molar-refractivity contribution in [2.24, 2.45) is 0 Å². The SMILES string of the molecule is CCn1ccn(Cc2ncccc2C)c1=O. The minimum Gasteiger partial charge on any atom is -0.300 e. The molecule has 2 rings (SSSR count). The lowest BCUT2D eigenvalue weighted by atomic mass is 10.2. The average molecular weight is 217 g/mol. The molecule has 0 radical (unpaired) electrons. The third-order valence-electron chi connectivity index (χ3n) is 2.70. The number of aryl methyl sites for hydroxylation is 2. The van der Waals surface area contributed by atoms with Crippen LogP contribution in [0.15, 0.2) is 35.5 Å². The second-order valence-corrected chi connectivity index (χ2v) is 3.76. The van der Waals surface area contributed by atoms with E-state index in [2.05, 4.69) is 4.98 Å². The molecule has 2 aromatic rings. The molecular weight excluding hydrogens is 202 g/mol. The molecule has 0 saturated carbocycles. The summed E-state index contributed by atoms with van der Waals surface area (Å²) in [6, 6.07) is 3.91. The van der Waals surface area contributed by atoms with E-state index < -0.39 is 0 Å². The topological polar surface area (TPSA) is 39.8 Å². The van der Waals surface area contributed by atoms with Crippen LogP contribution in [0.2, 0.25) is 0 Å². The number of hydrogen-bond acceptors (Lipinski definition) is 2. The van der Waals surface area contributed by atoms with Gasteiger partial charge in [0.2, 0.25) is 0 Å². The summed E-state index contributed by atoms with van der Waals surface area (Å²) in [5.74, 6) is 0. The zero-order valence-electron chi connectivity index (χ0n) is 9.55. The van der Waals surface area contributed by atoms with Gasteiger partial charge in [-0.15, -0.1) is 0 Å². The quantitative estimate of drug-likeness (QED) is 0.780. The molecule has 0 amide bonds. The molecule has 84 valence electrons. The van der Waals surface area contributed by atoms with Crippen LogP contribution < -0.4 is 5.69 Å². The molecule has 0 aliphatic heterocycles. The molecule has 4 nitrogen and oxygen atoms in total. The maximum absolute atomic E-state index is 11.8. The Morgan fingerprint density at radius 2 is 2.06 bits per heavy atom. The minimum absolute atomic E-state index is 0.0209. The molecular formula is C12H15N3O. The van der Waals surface area contributed by atoms with Gasteiger partial charge in [-0.2, -0.15) is 0 Å². The highest BCUT2D eigenvalue weighted by atomic mass is 16.1. The molecule has 0 fully saturated rings. The van der Waals surface area contributed by atoms with Crippen LogP contribution in [0.5, 0.6) is 0 Å². The van der Waals surface area contributed by atoms with Gasteiger partial charge >= 0.3 is 5.69 Å². The lowest BCUT2D eigenvalue weighted by Gasteiger charge is -2.04. The van der Waals surface area contributed by atoms with Crippen LogP contribution in [-0.2, 0) is 13.1 Å². The Balaban J connectivity index is 2.31. The van der Waals surface area contributed by atoms with Gasteiger partial charge in [0.25, 0.3) is 0 Å². The lowest BCUT2D eigenvalue weighted by molar-refractivity contribution is 0.660. The monoisotopic (exact) mass is 217 g/mol. The third-order valence-corrected chi connectivity index (χ3v) is 2.70. The number of aromatic nitrogens is 3. The van der Waals surface area contributed by atoms with Crippen LogP contribution in [0.4, 0.5) is 0 Å². The van der Waals surface area contributed by atoms with Crippen LogP contribution in [0.25, 0.3) is 0 Å². The first-order valence-corrected chi connectivity index (χ1v) is 5.38. The molecule has 0 atom stereocenters. The first-order valence-electron chi connectivity index (χ1n) is 5.38. The Kier molecular flexibility index (Phi) is 2.90. The molecule has 0 unspecified atom stereocenters. The van der Waals surface area contributed by atoms with E-state index >= 15 is 0 Å². The molecule has 0 saturated heterocycles. The zero-order chi connectivity index (χ0) is 11.5. The van der Waals surface area contributed by atoms with Crippen LogP contribution in [0.3, 0.4) is 0 Å². The summed E-state index contributed by atoms with van der Waals surface area (Å²) >= 11 is 0. The predicted molar refractivity (Wildman–Crippen MR) is 62.4 cm³/mol. The van der Waals surface area contributed by atoms with Crippen molar-refractivity contribution < 1.29 is 0 Å². The highest BCUT2D eigenvalue weighted by Gasteiger charge is 2.04. The molecule has 0 aromatic carbocycles. The summed E-state index contributed by atoms with van der Waals surface area (Å²) in [5.41, 5.74) is 2.07. The van der Waals surface area contributed by atoms with E-state index in [-0.39, 0.29) is 5.69 Å². The molecule has 16 heavy (non-hydrogen) atoms. The van der Waals surface area contributed by atoms with Crippen molar-refractivity contribution in [3.05, 3.63) is 52.5 Å². The number of nitrogens with zero attached hydrogens (tertiary/aromatic N) is 3. The molecule has 0 spiro atoms. The Bertz CT molecular complexity index is 539. The van der Waals surface area contributed by atoms with E-state index in [1.54, 1.807) is 27.7 Å². The smallest absolute Gasteiger partial charge is 0.300 e. The molecule has 0 bridgehead atoms. The highest BCUT2D eigenvalue weighted by Crippen LogP contribution is 2.04. The van der Waals surface area contributed by atoms with Gasteiger partial charge < -0.3 is 0 Å². The van der Waals surface area contributed by atoms with Gasteiger partial charge in [-0.25, -0.2) is 4.79 Å². The van der Waals surface area contributed by atoms with Gasteiger partial charge in [-0.05, 0) is 25.5 Å². The fourth-order valence-corrected chi connectivity index (χ4v) is 1.66. The van der Waals surface area contributed by atoms with Gasteiger partial charge in [0.05, 0.1) is 12.2 Å². The van der Waals surface area contributed by atoms with Crippen LogP contribution in [0.1, 0.15) is 18.2 Å². The molecule has 0 aliphatic carbocycles. The normalized spacial score (nSPS) is 10.6. The third kappa shape index (κ3) is 1.91. The van der Waals surface area contributed by atoms with Crippen molar-refractivity contribution in [3.8, 4) is 0 Å². The second-order valence-electron chi connectivity index (χ2n) is 3.76. The molecule has 0 aliphatic rings. The zero-order valence-corrected chi connectivity index (χ0v) is 9.55.